The van der Waals surface area contributed by atoms with Crippen LogP contribution in [-0.4, -0.2) is 4.98 Å². The van der Waals surface area contributed by atoms with Crippen LogP contribution in [0.25, 0.3) is 10.8 Å². The third-order valence-electron chi connectivity index (χ3n) is 3.48. The predicted molar refractivity (Wildman–Crippen MR) is 68.2 cm³/mol. The van der Waals surface area contributed by atoms with Crippen molar-refractivity contribution in [2.45, 2.75) is 32.2 Å². The first-order chi connectivity index (χ1) is 7.71. The Bertz CT molecular complexity index is 482. The quantitative estimate of drug-likeness (QED) is 0.852. The first kappa shape index (κ1) is 11.1. The molecule has 0 saturated heterocycles. The Balaban J connectivity index is 2.69. The molecule has 2 heteroatoms. The van der Waals surface area contributed by atoms with Crippen LogP contribution in [0.3, 0.4) is 0 Å². The van der Waals surface area contributed by atoms with Gasteiger partial charge in [-0.3, -0.25) is 4.98 Å². The van der Waals surface area contributed by atoms with E-state index >= 15 is 0 Å². The molecule has 0 radical (unpaired) electrons. The molecule has 84 valence electrons. The van der Waals surface area contributed by atoms with Crippen LogP contribution in [0.2, 0.25) is 0 Å². The molecule has 0 aliphatic heterocycles. The molecule has 2 nitrogen and oxygen atoms in total. The number of nitrogens with two attached hydrogens (primary N) is 1. The Morgan fingerprint density at radius 2 is 1.94 bits per heavy atom. The molecule has 0 atom stereocenters. The minimum Gasteiger partial charge on any atom is -0.321 e. The Morgan fingerprint density at radius 3 is 2.62 bits per heavy atom. The molecule has 16 heavy (non-hydrogen) atoms. The fourth-order valence-electron chi connectivity index (χ4n) is 2.18. The molecule has 0 amide bonds. The van der Waals surface area contributed by atoms with Gasteiger partial charge in [0.25, 0.3) is 0 Å². The minimum absolute atomic E-state index is 0.234. The van der Waals surface area contributed by atoms with Crippen molar-refractivity contribution >= 4 is 10.8 Å². The van der Waals surface area contributed by atoms with Crippen molar-refractivity contribution in [3.63, 3.8) is 0 Å². The molecule has 0 saturated carbocycles. The molecule has 1 aromatic heterocycles. The zero-order valence-corrected chi connectivity index (χ0v) is 9.90. The van der Waals surface area contributed by atoms with E-state index in [1.54, 1.807) is 0 Å². The number of pyridine rings is 1. The predicted octanol–water partition coefficient (Wildman–Crippen LogP) is 3.21. The number of fused-ring (bicyclic) bond motifs is 1. The summed E-state index contributed by atoms with van der Waals surface area (Å²) in [5.74, 6) is 0. The van der Waals surface area contributed by atoms with Crippen LogP contribution in [0.5, 0.6) is 0 Å². The van der Waals surface area contributed by atoms with Gasteiger partial charge in [0.1, 0.15) is 0 Å². The molecule has 0 bridgehead atoms. The summed E-state index contributed by atoms with van der Waals surface area (Å²) in [5.41, 5.74) is 7.43. The highest BCUT2D eigenvalue weighted by molar-refractivity contribution is 5.85. The largest absolute Gasteiger partial charge is 0.321 e. The smallest absolute Gasteiger partial charge is 0.0411 e. The standard InChI is InChI=1S/C14H18N2/c1-3-14(15,4-2)13-7-5-6-11-8-9-16-10-12(11)13/h5-10H,3-4,15H2,1-2H3. The molecular formula is C14H18N2. The highest BCUT2D eigenvalue weighted by atomic mass is 14.7. The second-order valence-corrected chi connectivity index (χ2v) is 4.27. The van der Waals surface area contributed by atoms with Crippen molar-refractivity contribution in [3.05, 3.63) is 42.2 Å². The molecule has 2 aromatic rings. The third-order valence-corrected chi connectivity index (χ3v) is 3.48. The molecule has 1 heterocycles. The fraction of sp³-hybridized carbons (Fsp3) is 0.357. The van der Waals surface area contributed by atoms with E-state index in [0.717, 1.165) is 12.8 Å². The summed E-state index contributed by atoms with van der Waals surface area (Å²) in [5, 5.41) is 2.39. The Labute approximate surface area is 96.5 Å². The zero-order valence-electron chi connectivity index (χ0n) is 9.90. The van der Waals surface area contributed by atoms with E-state index in [1.165, 1.54) is 16.3 Å². The Hall–Kier alpha value is -1.41. The molecule has 0 aliphatic carbocycles. The summed E-state index contributed by atoms with van der Waals surface area (Å²) in [4.78, 5) is 4.20. The normalized spacial score (nSPS) is 11.9. The summed E-state index contributed by atoms with van der Waals surface area (Å²) in [6.07, 6.45) is 5.62. The third kappa shape index (κ3) is 1.69. The van der Waals surface area contributed by atoms with Gasteiger partial charge in [-0.05, 0) is 29.9 Å². The van der Waals surface area contributed by atoms with E-state index < -0.39 is 0 Å². The van der Waals surface area contributed by atoms with Crippen molar-refractivity contribution in [1.82, 2.24) is 4.98 Å². The van der Waals surface area contributed by atoms with Crippen molar-refractivity contribution in [2.24, 2.45) is 5.73 Å². The van der Waals surface area contributed by atoms with Gasteiger partial charge in [0.15, 0.2) is 0 Å². The van der Waals surface area contributed by atoms with Crippen molar-refractivity contribution in [3.8, 4) is 0 Å². The topological polar surface area (TPSA) is 38.9 Å². The van der Waals surface area contributed by atoms with Gasteiger partial charge in [-0.25, -0.2) is 0 Å². The highest BCUT2D eigenvalue weighted by Gasteiger charge is 2.24. The summed E-state index contributed by atoms with van der Waals surface area (Å²) in [6, 6.07) is 8.33. The van der Waals surface area contributed by atoms with Gasteiger partial charge in [-0.15, -0.1) is 0 Å². The molecule has 0 unspecified atom stereocenters. The van der Waals surface area contributed by atoms with E-state index in [0.29, 0.717) is 0 Å². The monoisotopic (exact) mass is 214 g/mol. The highest BCUT2D eigenvalue weighted by Crippen LogP contribution is 2.31. The van der Waals surface area contributed by atoms with E-state index in [-0.39, 0.29) is 5.54 Å². The van der Waals surface area contributed by atoms with Gasteiger partial charge in [0, 0.05) is 23.3 Å². The maximum Gasteiger partial charge on any atom is 0.0411 e. The number of benzene rings is 1. The second-order valence-electron chi connectivity index (χ2n) is 4.27. The van der Waals surface area contributed by atoms with E-state index in [2.05, 4.69) is 37.0 Å². The average Bonchev–Trinajstić information content (AvgIpc) is 2.37. The Kier molecular flexibility index (Phi) is 2.92. The summed E-state index contributed by atoms with van der Waals surface area (Å²) < 4.78 is 0. The SMILES string of the molecule is CCC(N)(CC)c1cccc2ccncc12. The molecule has 1 aromatic carbocycles. The number of hydrogen-bond acceptors (Lipinski definition) is 2. The van der Waals surface area contributed by atoms with Crippen molar-refractivity contribution in [1.29, 1.82) is 0 Å². The van der Waals surface area contributed by atoms with Gasteiger partial charge in [-0.1, -0.05) is 32.0 Å². The second kappa shape index (κ2) is 4.22. The van der Waals surface area contributed by atoms with Crippen LogP contribution < -0.4 is 5.73 Å². The van der Waals surface area contributed by atoms with Gasteiger partial charge < -0.3 is 5.73 Å². The number of nitrogens with zero attached hydrogens (tertiary/aromatic N) is 1. The van der Waals surface area contributed by atoms with Gasteiger partial charge >= 0.3 is 0 Å². The molecule has 0 fully saturated rings. The fourth-order valence-corrected chi connectivity index (χ4v) is 2.18. The molecule has 0 spiro atoms. The first-order valence-electron chi connectivity index (χ1n) is 5.83. The molecular weight excluding hydrogens is 196 g/mol. The van der Waals surface area contributed by atoms with E-state index in [4.69, 9.17) is 5.73 Å². The lowest BCUT2D eigenvalue weighted by atomic mass is 9.83. The molecule has 2 N–H and O–H groups in total. The van der Waals surface area contributed by atoms with E-state index in [1.807, 2.05) is 18.5 Å². The number of rotatable bonds is 3. The molecule has 2 rings (SSSR count). The Morgan fingerprint density at radius 1 is 1.19 bits per heavy atom. The maximum absolute atomic E-state index is 6.46. The van der Waals surface area contributed by atoms with Crippen LogP contribution in [-0.2, 0) is 5.54 Å². The summed E-state index contributed by atoms with van der Waals surface area (Å²) >= 11 is 0. The van der Waals surface area contributed by atoms with Crippen LogP contribution in [0, 0.1) is 0 Å². The van der Waals surface area contributed by atoms with Gasteiger partial charge in [-0.2, -0.15) is 0 Å². The van der Waals surface area contributed by atoms with Crippen molar-refractivity contribution < 1.29 is 0 Å². The van der Waals surface area contributed by atoms with Gasteiger partial charge in [0.05, 0.1) is 0 Å². The van der Waals surface area contributed by atoms with Crippen LogP contribution in [0.4, 0.5) is 0 Å². The number of hydrogen-bond donors (Lipinski definition) is 1. The van der Waals surface area contributed by atoms with Gasteiger partial charge in [0.2, 0.25) is 0 Å². The van der Waals surface area contributed by atoms with E-state index in [9.17, 15) is 0 Å². The molecule has 0 aliphatic rings. The maximum atomic E-state index is 6.46. The zero-order chi connectivity index (χ0) is 11.6. The van der Waals surface area contributed by atoms with Crippen molar-refractivity contribution in [2.75, 3.05) is 0 Å². The van der Waals surface area contributed by atoms with Crippen LogP contribution >= 0.6 is 0 Å². The average molecular weight is 214 g/mol. The number of aromatic nitrogens is 1. The lowest BCUT2D eigenvalue weighted by molar-refractivity contribution is 0.416. The lowest BCUT2D eigenvalue weighted by Crippen LogP contribution is -2.35. The van der Waals surface area contributed by atoms with Crippen LogP contribution in [0.15, 0.2) is 36.7 Å². The first-order valence-corrected chi connectivity index (χ1v) is 5.83. The summed E-state index contributed by atoms with van der Waals surface area (Å²) in [6.45, 7) is 4.28. The minimum atomic E-state index is -0.234. The summed E-state index contributed by atoms with van der Waals surface area (Å²) in [7, 11) is 0. The lowest BCUT2D eigenvalue weighted by Gasteiger charge is -2.28. The van der Waals surface area contributed by atoms with Crippen LogP contribution in [0.1, 0.15) is 32.3 Å².